The molecule has 178 valence electrons. The van der Waals surface area contributed by atoms with E-state index in [4.69, 9.17) is 9.47 Å². The molecular formula is C27H34FNO4. The van der Waals surface area contributed by atoms with E-state index in [-0.39, 0.29) is 34.3 Å². The number of rotatable bonds is 4. The SMILES string of the molecule is CC12C=CC(=O)NC1CCC1C2CCC2(C)C1CC[C@@H]2CCOC(=O)Oc1ccc(F)cc1. The van der Waals surface area contributed by atoms with Crippen LogP contribution >= 0.6 is 0 Å². The second-order valence-electron chi connectivity index (χ2n) is 11.0. The van der Waals surface area contributed by atoms with E-state index in [9.17, 15) is 14.0 Å². The molecule has 1 aromatic rings. The Labute approximate surface area is 195 Å². The van der Waals surface area contributed by atoms with Gasteiger partial charge in [0.05, 0.1) is 6.61 Å². The number of hydrogen-bond donors (Lipinski definition) is 1. The van der Waals surface area contributed by atoms with Crippen molar-refractivity contribution in [1.82, 2.24) is 5.32 Å². The lowest BCUT2D eigenvalue weighted by molar-refractivity contribution is -0.122. The van der Waals surface area contributed by atoms with Crippen LogP contribution in [0.25, 0.3) is 0 Å². The van der Waals surface area contributed by atoms with Crippen molar-refractivity contribution in [3.05, 3.63) is 42.2 Å². The van der Waals surface area contributed by atoms with Gasteiger partial charge in [0, 0.05) is 11.5 Å². The van der Waals surface area contributed by atoms with Gasteiger partial charge in [-0.25, -0.2) is 9.18 Å². The Morgan fingerprint density at radius 1 is 1.09 bits per heavy atom. The van der Waals surface area contributed by atoms with Crippen molar-refractivity contribution in [2.45, 2.75) is 64.8 Å². The summed E-state index contributed by atoms with van der Waals surface area (Å²) in [7, 11) is 0. The topological polar surface area (TPSA) is 64.6 Å². The summed E-state index contributed by atoms with van der Waals surface area (Å²) < 4.78 is 23.5. The Hall–Kier alpha value is -2.37. The Kier molecular flexibility index (Phi) is 5.74. The molecule has 0 bridgehead atoms. The molecule has 7 atom stereocenters. The molecule has 5 nitrogen and oxygen atoms in total. The van der Waals surface area contributed by atoms with E-state index in [2.05, 4.69) is 25.2 Å². The minimum absolute atomic E-state index is 0.0513. The van der Waals surface area contributed by atoms with Gasteiger partial charge in [-0.05, 0) is 104 Å². The van der Waals surface area contributed by atoms with Crippen molar-refractivity contribution < 1.29 is 23.5 Å². The van der Waals surface area contributed by atoms with Crippen LogP contribution in [0.15, 0.2) is 36.4 Å². The average molecular weight is 456 g/mol. The van der Waals surface area contributed by atoms with E-state index in [1.54, 1.807) is 6.08 Å². The molecule has 4 aliphatic rings. The van der Waals surface area contributed by atoms with Gasteiger partial charge in [0.15, 0.2) is 0 Å². The molecular weight excluding hydrogens is 421 g/mol. The average Bonchev–Trinajstić information content (AvgIpc) is 3.12. The number of fused-ring (bicyclic) bond motifs is 5. The Bertz CT molecular complexity index is 946. The molecule has 0 radical (unpaired) electrons. The highest BCUT2D eigenvalue weighted by atomic mass is 19.1. The summed E-state index contributed by atoms with van der Waals surface area (Å²) in [4.78, 5) is 23.9. The van der Waals surface area contributed by atoms with Crippen molar-refractivity contribution in [2.24, 2.45) is 34.5 Å². The van der Waals surface area contributed by atoms with E-state index in [1.807, 2.05) is 0 Å². The highest BCUT2D eigenvalue weighted by Gasteiger charge is 2.59. The molecule has 0 spiro atoms. The predicted octanol–water partition coefficient (Wildman–Crippen LogP) is 5.64. The Balaban J connectivity index is 1.19. The summed E-state index contributed by atoms with van der Waals surface area (Å²) in [5.74, 6) is 2.50. The molecule has 6 heteroatoms. The maximum Gasteiger partial charge on any atom is 0.513 e. The molecule has 33 heavy (non-hydrogen) atoms. The molecule has 6 unspecified atom stereocenters. The highest BCUT2D eigenvalue weighted by Crippen LogP contribution is 2.65. The monoisotopic (exact) mass is 455 g/mol. The van der Waals surface area contributed by atoms with Crippen LogP contribution < -0.4 is 10.1 Å². The van der Waals surface area contributed by atoms with Crippen LogP contribution in [0.2, 0.25) is 0 Å². The lowest BCUT2D eigenvalue weighted by Crippen LogP contribution is -2.59. The smallest absolute Gasteiger partial charge is 0.434 e. The molecule has 0 saturated heterocycles. The molecule has 0 aromatic heterocycles. The quantitative estimate of drug-likeness (QED) is 0.471. The van der Waals surface area contributed by atoms with Crippen molar-refractivity contribution in [2.75, 3.05) is 6.61 Å². The normalized spacial score (nSPS) is 39.1. The van der Waals surface area contributed by atoms with E-state index in [1.165, 1.54) is 56.4 Å². The number of hydrogen-bond acceptors (Lipinski definition) is 4. The standard InChI is InChI=1S/C27H34FNO4/c1-26-14-11-22-20(8-10-23-27(22,2)15-12-24(30)29-23)21(26)9-3-17(26)13-16-32-25(31)33-19-6-4-18(28)5-7-19/h4-7,12,15,17,20-23H,3,8-11,13-14,16H2,1-2H3,(H,29,30)/t17-,20?,21?,22?,23?,26?,27?/m1/s1. The molecule has 1 aromatic carbocycles. The first-order chi connectivity index (χ1) is 15.8. The molecule has 3 fully saturated rings. The molecule has 1 aliphatic heterocycles. The fourth-order valence-corrected chi connectivity index (χ4v) is 7.83. The zero-order valence-electron chi connectivity index (χ0n) is 19.5. The predicted molar refractivity (Wildman–Crippen MR) is 122 cm³/mol. The zero-order valence-corrected chi connectivity index (χ0v) is 19.5. The van der Waals surface area contributed by atoms with Crippen LogP contribution in [0, 0.1) is 40.3 Å². The minimum atomic E-state index is -0.734. The largest absolute Gasteiger partial charge is 0.513 e. The van der Waals surface area contributed by atoms with Crippen molar-refractivity contribution in [1.29, 1.82) is 0 Å². The first-order valence-corrected chi connectivity index (χ1v) is 12.4. The van der Waals surface area contributed by atoms with E-state index < -0.39 is 6.16 Å². The lowest BCUT2D eigenvalue weighted by atomic mass is 9.48. The van der Waals surface area contributed by atoms with Crippen molar-refractivity contribution in [3.8, 4) is 5.75 Å². The molecule has 3 aliphatic carbocycles. The second kappa shape index (κ2) is 8.44. The van der Waals surface area contributed by atoms with E-state index in [0.29, 0.717) is 30.3 Å². The van der Waals surface area contributed by atoms with Crippen molar-refractivity contribution >= 4 is 12.1 Å². The van der Waals surface area contributed by atoms with Gasteiger partial charge in [-0.1, -0.05) is 19.9 Å². The van der Waals surface area contributed by atoms with Crippen LogP contribution in [0.5, 0.6) is 5.75 Å². The maximum absolute atomic E-state index is 13.0. The lowest BCUT2D eigenvalue weighted by Gasteiger charge is -2.59. The number of amides is 1. The molecule has 1 N–H and O–H groups in total. The van der Waals surface area contributed by atoms with Gasteiger partial charge in [-0.15, -0.1) is 0 Å². The number of carbonyl (C=O) groups excluding carboxylic acids is 2. The molecule has 1 amide bonds. The summed E-state index contributed by atoms with van der Waals surface area (Å²) in [5, 5.41) is 3.22. The second-order valence-corrected chi connectivity index (χ2v) is 11.0. The van der Waals surface area contributed by atoms with Crippen LogP contribution in [0.3, 0.4) is 0 Å². The van der Waals surface area contributed by atoms with E-state index in [0.717, 1.165) is 12.8 Å². The van der Waals surface area contributed by atoms with Gasteiger partial charge in [-0.2, -0.15) is 0 Å². The van der Waals surface area contributed by atoms with Crippen LogP contribution in [-0.4, -0.2) is 24.7 Å². The maximum atomic E-state index is 13.0. The number of ether oxygens (including phenoxy) is 2. The Morgan fingerprint density at radius 2 is 1.88 bits per heavy atom. The first kappa shape index (κ1) is 22.4. The number of carbonyl (C=O) groups is 2. The summed E-state index contributed by atoms with van der Waals surface area (Å²) in [5.41, 5.74) is 0.333. The third-order valence-corrected chi connectivity index (χ3v) is 9.58. The fourth-order valence-electron chi connectivity index (χ4n) is 7.83. The fraction of sp³-hybridized carbons (Fsp3) is 0.630. The van der Waals surface area contributed by atoms with Gasteiger partial charge >= 0.3 is 6.16 Å². The van der Waals surface area contributed by atoms with Gasteiger partial charge in [0.25, 0.3) is 0 Å². The molecule has 1 heterocycles. The van der Waals surface area contributed by atoms with Gasteiger partial charge in [0.1, 0.15) is 11.6 Å². The summed E-state index contributed by atoms with van der Waals surface area (Å²) in [6.07, 6.45) is 11.1. The molecule has 5 rings (SSSR count). The number of nitrogens with one attached hydrogen (secondary N) is 1. The minimum Gasteiger partial charge on any atom is -0.434 e. The number of benzene rings is 1. The van der Waals surface area contributed by atoms with Gasteiger partial charge in [-0.3, -0.25) is 4.79 Å². The third-order valence-electron chi connectivity index (χ3n) is 9.58. The summed E-state index contributed by atoms with van der Waals surface area (Å²) >= 11 is 0. The first-order valence-electron chi connectivity index (χ1n) is 12.4. The van der Waals surface area contributed by atoms with Crippen LogP contribution in [-0.2, 0) is 9.53 Å². The van der Waals surface area contributed by atoms with Crippen LogP contribution in [0.1, 0.15) is 58.8 Å². The number of halogens is 1. The summed E-state index contributed by atoms with van der Waals surface area (Å²) in [6.45, 7) is 5.14. The molecule has 3 saturated carbocycles. The zero-order chi connectivity index (χ0) is 23.2. The third kappa shape index (κ3) is 3.95. The van der Waals surface area contributed by atoms with Gasteiger partial charge in [0.2, 0.25) is 5.91 Å². The van der Waals surface area contributed by atoms with Crippen LogP contribution in [0.4, 0.5) is 9.18 Å². The summed E-state index contributed by atoms with van der Waals surface area (Å²) in [6, 6.07) is 5.60. The van der Waals surface area contributed by atoms with E-state index >= 15 is 0 Å². The van der Waals surface area contributed by atoms with Gasteiger partial charge < -0.3 is 14.8 Å². The van der Waals surface area contributed by atoms with Crippen molar-refractivity contribution in [3.63, 3.8) is 0 Å². The highest BCUT2D eigenvalue weighted by molar-refractivity contribution is 5.89. The Morgan fingerprint density at radius 3 is 2.67 bits per heavy atom.